The average molecular weight is 441 g/mol. The molecule has 5 nitrogen and oxygen atoms in total. The molecule has 4 aromatic rings. The molecule has 1 aliphatic carbocycles. The van der Waals surface area contributed by atoms with E-state index >= 15 is 0 Å². The van der Waals surface area contributed by atoms with E-state index < -0.39 is 17.6 Å². The summed E-state index contributed by atoms with van der Waals surface area (Å²) in [6.07, 6.45) is 3.51. The first-order chi connectivity index (χ1) is 14.7. The summed E-state index contributed by atoms with van der Waals surface area (Å²) >= 11 is 6.39. The van der Waals surface area contributed by atoms with E-state index in [-0.39, 0.29) is 23.7 Å². The lowest BCUT2D eigenvalue weighted by Gasteiger charge is -2.16. The first-order valence-electron chi connectivity index (χ1n) is 9.89. The normalized spacial score (nSPS) is 18.5. The Morgan fingerprint density at radius 2 is 1.90 bits per heavy atom. The van der Waals surface area contributed by atoms with E-state index in [9.17, 15) is 13.9 Å². The molecule has 3 heterocycles. The molecule has 0 saturated carbocycles. The third-order valence-electron chi connectivity index (χ3n) is 5.64. The predicted octanol–water partition coefficient (Wildman–Crippen LogP) is 5.36. The molecular formula is C23H19ClF2N4O. The summed E-state index contributed by atoms with van der Waals surface area (Å²) in [6, 6.07) is 8.63. The molecule has 0 aliphatic heterocycles. The number of benzene rings is 1. The van der Waals surface area contributed by atoms with Crippen molar-refractivity contribution in [2.24, 2.45) is 0 Å². The largest absolute Gasteiger partial charge is 0.382 e. The molecule has 8 heteroatoms. The maximum absolute atomic E-state index is 14.9. The monoisotopic (exact) mass is 440 g/mol. The maximum Gasteiger partial charge on any atom is 0.159 e. The van der Waals surface area contributed by atoms with Gasteiger partial charge >= 0.3 is 0 Å². The van der Waals surface area contributed by atoms with Crippen LogP contribution in [-0.4, -0.2) is 24.5 Å². The molecule has 2 atom stereocenters. The van der Waals surface area contributed by atoms with Crippen molar-refractivity contribution in [3.8, 4) is 11.1 Å². The number of rotatable bonds is 3. The van der Waals surface area contributed by atoms with Crippen LogP contribution in [0.4, 0.5) is 8.78 Å². The number of fused-ring (bicyclic) bond motifs is 3. The van der Waals surface area contributed by atoms with E-state index in [0.29, 0.717) is 27.6 Å². The number of halogens is 3. The van der Waals surface area contributed by atoms with Crippen molar-refractivity contribution in [2.45, 2.75) is 38.0 Å². The van der Waals surface area contributed by atoms with Crippen LogP contribution in [-0.2, 0) is 5.60 Å². The van der Waals surface area contributed by atoms with Crippen molar-refractivity contribution < 1.29 is 13.9 Å². The topological polar surface area (TPSA) is 63.3 Å². The van der Waals surface area contributed by atoms with Crippen LogP contribution >= 0.6 is 11.6 Å². The molecule has 0 fully saturated rings. The molecule has 0 amide bonds. The number of aromatic nitrogens is 4. The van der Waals surface area contributed by atoms with Gasteiger partial charge in [-0.1, -0.05) is 29.8 Å². The van der Waals surface area contributed by atoms with Gasteiger partial charge in [0.15, 0.2) is 5.82 Å². The number of hydrogen-bond donors (Lipinski definition) is 1. The lowest BCUT2D eigenvalue weighted by Crippen LogP contribution is -2.19. The first-order valence-corrected chi connectivity index (χ1v) is 10.3. The van der Waals surface area contributed by atoms with Gasteiger partial charge in [0.05, 0.1) is 11.4 Å². The van der Waals surface area contributed by atoms with Crippen LogP contribution in [0.5, 0.6) is 0 Å². The third kappa shape index (κ3) is 3.28. The fraction of sp³-hybridized carbons (Fsp3) is 0.261. The van der Waals surface area contributed by atoms with Crippen molar-refractivity contribution in [1.82, 2.24) is 19.4 Å². The Bertz CT molecular complexity index is 1300. The number of imidazole rings is 1. The summed E-state index contributed by atoms with van der Waals surface area (Å²) in [6.45, 7) is 3.15. The Morgan fingerprint density at radius 1 is 1.19 bits per heavy atom. The molecule has 1 aromatic carbocycles. The molecule has 0 spiro atoms. The van der Waals surface area contributed by atoms with Crippen LogP contribution in [0.15, 0.2) is 48.9 Å². The van der Waals surface area contributed by atoms with Gasteiger partial charge in [-0.3, -0.25) is 0 Å². The van der Waals surface area contributed by atoms with Crippen molar-refractivity contribution in [3.05, 3.63) is 82.5 Å². The molecule has 3 aromatic heterocycles. The van der Waals surface area contributed by atoms with Crippen LogP contribution in [0.25, 0.3) is 16.8 Å². The third-order valence-corrected chi connectivity index (χ3v) is 5.98. The second-order valence-electron chi connectivity index (χ2n) is 8.28. The standard InChI is InChI=1S/C23H19ClF2N4O/c1-23(2,31)22-27-9-12(10-28-22)15-11-30-19(8-17(15)25)29-20-18(26)7-14(21(20)30)13-5-3-4-6-16(13)24/h3-6,8-11,14,18,31H,7H2,1-2H3/t14-,18+/m0/s1. The first kappa shape index (κ1) is 20.0. The zero-order valence-electron chi connectivity index (χ0n) is 16.9. The van der Waals surface area contributed by atoms with Crippen LogP contribution in [0.1, 0.15) is 55.1 Å². The highest BCUT2D eigenvalue weighted by molar-refractivity contribution is 6.31. The van der Waals surface area contributed by atoms with Gasteiger partial charge < -0.3 is 9.51 Å². The van der Waals surface area contributed by atoms with Gasteiger partial charge in [0.2, 0.25) is 0 Å². The molecule has 0 unspecified atom stereocenters. The molecule has 158 valence electrons. The SMILES string of the molecule is CC(C)(O)c1ncc(-c2cn3c4c(nc3cc2F)[C@H](F)C[C@H]4c2ccccc2Cl)cn1. The van der Waals surface area contributed by atoms with Crippen LogP contribution in [0.2, 0.25) is 5.02 Å². The summed E-state index contributed by atoms with van der Waals surface area (Å²) in [5.74, 6) is -0.568. The van der Waals surface area contributed by atoms with Crippen molar-refractivity contribution in [3.63, 3.8) is 0 Å². The Hall–Kier alpha value is -2.90. The lowest BCUT2D eigenvalue weighted by atomic mass is 9.96. The molecule has 31 heavy (non-hydrogen) atoms. The van der Waals surface area contributed by atoms with Crippen LogP contribution in [0, 0.1) is 5.82 Å². The zero-order valence-corrected chi connectivity index (χ0v) is 17.6. The van der Waals surface area contributed by atoms with Gasteiger partial charge in [-0.2, -0.15) is 0 Å². The van der Waals surface area contributed by atoms with E-state index in [2.05, 4.69) is 15.0 Å². The van der Waals surface area contributed by atoms with Gasteiger partial charge in [-0.25, -0.2) is 23.7 Å². The quantitative estimate of drug-likeness (QED) is 0.466. The summed E-state index contributed by atoms with van der Waals surface area (Å²) in [5.41, 5.74) is 1.63. The minimum atomic E-state index is -1.25. The molecule has 0 radical (unpaired) electrons. The highest BCUT2D eigenvalue weighted by Gasteiger charge is 2.38. The molecule has 5 rings (SSSR count). The van der Waals surface area contributed by atoms with Gasteiger partial charge in [0.25, 0.3) is 0 Å². The number of nitrogens with zero attached hydrogens (tertiary/aromatic N) is 4. The average Bonchev–Trinajstić information content (AvgIpc) is 3.24. The summed E-state index contributed by atoms with van der Waals surface area (Å²) in [7, 11) is 0. The molecule has 1 N–H and O–H groups in total. The molecule has 1 aliphatic rings. The Morgan fingerprint density at radius 3 is 2.58 bits per heavy atom. The van der Waals surface area contributed by atoms with E-state index in [0.717, 1.165) is 5.56 Å². The second kappa shape index (κ2) is 7.07. The van der Waals surface area contributed by atoms with E-state index in [1.165, 1.54) is 18.5 Å². The Labute approximate surface area is 182 Å². The number of aliphatic hydroxyl groups is 1. The summed E-state index contributed by atoms with van der Waals surface area (Å²) < 4.78 is 31.5. The highest BCUT2D eigenvalue weighted by Crippen LogP contribution is 2.47. The zero-order chi connectivity index (χ0) is 21.9. The fourth-order valence-corrected chi connectivity index (χ4v) is 4.40. The van der Waals surface area contributed by atoms with E-state index in [1.807, 2.05) is 18.2 Å². The van der Waals surface area contributed by atoms with Crippen molar-refractivity contribution in [1.29, 1.82) is 0 Å². The molecule has 0 bridgehead atoms. The van der Waals surface area contributed by atoms with Crippen LogP contribution in [0.3, 0.4) is 0 Å². The Balaban J connectivity index is 1.67. The lowest BCUT2D eigenvalue weighted by molar-refractivity contribution is 0.0687. The van der Waals surface area contributed by atoms with Gasteiger partial charge in [0.1, 0.15) is 23.2 Å². The smallest absolute Gasteiger partial charge is 0.159 e. The van der Waals surface area contributed by atoms with Crippen molar-refractivity contribution in [2.75, 3.05) is 0 Å². The van der Waals surface area contributed by atoms with E-state index in [1.54, 1.807) is 30.5 Å². The molecule has 0 saturated heterocycles. The summed E-state index contributed by atoms with van der Waals surface area (Å²) in [4.78, 5) is 12.7. The van der Waals surface area contributed by atoms with Crippen LogP contribution < -0.4 is 0 Å². The van der Waals surface area contributed by atoms with E-state index in [4.69, 9.17) is 11.6 Å². The van der Waals surface area contributed by atoms with Gasteiger partial charge in [-0.05, 0) is 31.9 Å². The van der Waals surface area contributed by atoms with Gasteiger partial charge in [0, 0.05) is 46.7 Å². The minimum absolute atomic E-state index is 0.236. The number of hydrogen-bond acceptors (Lipinski definition) is 4. The number of alkyl halides is 1. The number of pyridine rings is 1. The summed E-state index contributed by atoms with van der Waals surface area (Å²) in [5, 5.41) is 10.6. The fourth-order valence-electron chi connectivity index (χ4n) is 4.14. The van der Waals surface area contributed by atoms with Gasteiger partial charge in [-0.15, -0.1) is 0 Å². The maximum atomic E-state index is 14.9. The second-order valence-corrected chi connectivity index (χ2v) is 8.68. The highest BCUT2D eigenvalue weighted by atomic mass is 35.5. The predicted molar refractivity (Wildman–Crippen MR) is 113 cm³/mol. The van der Waals surface area contributed by atoms with Crippen molar-refractivity contribution >= 4 is 17.2 Å². The molecular weight excluding hydrogens is 422 g/mol. The Kier molecular flexibility index (Phi) is 4.57. The minimum Gasteiger partial charge on any atom is -0.382 e.